The molecule has 1 heterocycles. The van der Waals surface area contributed by atoms with Gasteiger partial charge in [-0.1, -0.05) is 26.0 Å². The van der Waals surface area contributed by atoms with E-state index in [1.165, 1.54) is 12.1 Å². The van der Waals surface area contributed by atoms with Gasteiger partial charge in [0.15, 0.2) is 0 Å². The van der Waals surface area contributed by atoms with Gasteiger partial charge in [0.05, 0.1) is 17.9 Å². The first-order valence-electron chi connectivity index (χ1n) is 8.41. The quantitative estimate of drug-likeness (QED) is 0.772. The summed E-state index contributed by atoms with van der Waals surface area (Å²) in [5.41, 5.74) is 1.46. The van der Waals surface area contributed by atoms with Crippen molar-refractivity contribution in [3.8, 4) is 0 Å². The molecule has 0 aliphatic carbocycles. The maximum absolute atomic E-state index is 13.1. The fraction of sp³-hybridized carbons (Fsp3) is 0.368. The normalized spacial score (nSPS) is 19.1. The average Bonchev–Trinajstić information content (AvgIpc) is 2.51. The van der Waals surface area contributed by atoms with Crippen LogP contribution in [0, 0.1) is 0 Å². The Morgan fingerprint density at radius 2 is 1.85 bits per heavy atom. The first-order chi connectivity index (χ1) is 12.4. The number of halogens is 3. The second-order valence-corrected chi connectivity index (χ2v) is 9.29. The smallest absolute Gasteiger partial charge is 0.378 e. The number of hydrogen-bond donors (Lipinski definition) is 2. The molecule has 0 spiro atoms. The van der Waals surface area contributed by atoms with Gasteiger partial charge in [0.1, 0.15) is 0 Å². The van der Waals surface area contributed by atoms with Crippen LogP contribution in [-0.4, -0.2) is 14.7 Å². The molecule has 1 aliphatic heterocycles. The minimum absolute atomic E-state index is 0.148. The summed E-state index contributed by atoms with van der Waals surface area (Å²) in [4.78, 5) is 0. The molecule has 0 bridgehead atoms. The summed E-state index contributed by atoms with van der Waals surface area (Å²) < 4.78 is 64.5. The van der Waals surface area contributed by atoms with E-state index in [1.54, 1.807) is 18.2 Å². The maximum atomic E-state index is 13.1. The van der Waals surface area contributed by atoms with Gasteiger partial charge in [-0.3, -0.25) is 4.72 Å². The molecule has 1 atom stereocenters. The number of hydrogen-bond acceptors (Lipinski definition) is 3. The molecule has 3 rings (SSSR count). The lowest BCUT2D eigenvalue weighted by molar-refractivity contribution is -0.137. The zero-order valence-electron chi connectivity index (χ0n) is 15.2. The third-order valence-electron chi connectivity index (χ3n) is 4.71. The van der Waals surface area contributed by atoms with Gasteiger partial charge in [-0.25, -0.2) is 8.42 Å². The molecule has 0 amide bonds. The number of rotatable bonds is 3. The summed E-state index contributed by atoms with van der Waals surface area (Å²) in [6.45, 7) is 3.83. The molecule has 0 radical (unpaired) electrons. The molecule has 0 saturated carbocycles. The van der Waals surface area contributed by atoms with Crippen LogP contribution >= 0.6 is 0 Å². The number of nitrogens with one attached hydrogen (secondary N) is 2. The fourth-order valence-corrected chi connectivity index (χ4v) is 4.05. The molecule has 0 fully saturated rings. The summed E-state index contributed by atoms with van der Waals surface area (Å²) in [6, 6.07) is 10.6. The number of benzene rings is 2. The fourth-order valence-electron chi connectivity index (χ4n) is 3.50. The highest BCUT2D eigenvalue weighted by Crippen LogP contribution is 2.46. The number of fused-ring (bicyclic) bond motifs is 1. The van der Waals surface area contributed by atoms with E-state index in [1.807, 2.05) is 19.9 Å². The highest BCUT2D eigenvalue weighted by Gasteiger charge is 2.37. The van der Waals surface area contributed by atoms with Gasteiger partial charge in [-0.2, -0.15) is 13.2 Å². The van der Waals surface area contributed by atoms with E-state index in [9.17, 15) is 21.6 Å². The van der Waals surface area contributed by atoms with Crippen molar-refractivity contribution in [1.29, 1.82) is 0 Å². The zero-order chi connectivity index (χ0) is 20.0. The van der Waals surface area contributed by atoms with Gasteiger partial charge >= 0.3 is 6.18 Å². The van der Waals surface area contributed by atoms with Crippen molar-refractivity contribution >= 4 is 21.4 Å². The van der Waals surface area contributed by atoms with Gasteiger partial charge in [0.2, 0.25) is 10.0 Å². The lowest BCUT2D eigenvalue weighted by atomic mass is 9.73. The average molecular weight is 398 g/mol. The predicted molar refractivity (Wildman–Crippen MR) is 100 cm³/mol. The van der Waals surface area contributed by atoms with E-state index < -0.39 is 27.2 Å². The predicted octanol–water partition coefficient (Wildman–Crippen LogP) is 4.91. The van der Waals surface area contributed by atoms with Crippen molar-refractivity contribution in [2.75, 3.05) is 16.3 Å². The van der Waals surface area contributed by atoms with Gasteiger partial charge in [0.25, 0.3) is 0 Å². The number of sulfonamides is 1. The van der Waals surface area contributed by atoms with E-state index in [0.717, 1.165) is 17.9 Å². The Balaban J connectivity index is 1.95. The molecule has 2 aromatic carbocycles. The Hall–Kier alpha value is -2.22. The minimum atomic E-state index is -4.38. The molecule has 1 unspecified atom stereocenters. The molecule has 27 heavy (non-hydrogen) atoms. The highest BCUT2D eigenvalue weighted by molar-refractivity contribution is 7.92. The highest BCUT2D eigenvalue weighted by atomic mass is 32.2. The zero-order valence-corrected chi connectivity index (χ0v) is 16.0. The van der Waals surface area contributed by atoms with Crippen molar-refractivity contribution in [3.63, 3.8) is 0 Å². The SMILES string of the molecule is CC1(C)CC(c2cccc(NS(C)(=O)=O)c2)Nc2ccc(C(F)(F)F)cc21. The third-order valence-corrected chi connectivity index (χ3v) is 5.32. The van der Waals surface area contributed by atoms with Crippen molar-refractivity contribution in [3.05, 3.63) is 59.2 Å². The molecule has 146 valence electrons. The Morgan fingerprint density at radius 1 is 1.15 bits per heavy atom. The van der Waals surface area contributed by atoms with Crippen LogP contribution < -0.4 is 10.0 Å². The Kier molecular flexibility index (Phi) is 4.66. The number of anilines is 2. The van der Waals surface area contributed by atoms with E-state index in [0.29, 0.717) is 23.4 Å². The summed E-state index contributed by atoms with van der Waals surface area (Å²) in [7, 11) is -3.39. The van der Waals surface area contributed by atoms with E-state index in [2.05, 4.69) is 10.0 Å². The van der Waals surface area contributed by atoms with Crippen molar-refractivity contribution in [2.45, 2.75) is 37.9 Å². The van der Waals surface area contributed by atoms with Gasteiger partial charge in [-0.15, -0.1) is 0 Å². The monoisotopic (exact) mass is 398 g/mol. The topological polar surface area (TPSA) is 58.2 Å². The van der Waals surface area contributed by atoms with E-state index in [4.69, 9.17) is 0 Å². The second-order valence-electron chi connectivity index (χ2n) is 7.54. The van der Waals surface area contributed by atoms with Crippen molar-refractivity contribution in [2.24, 2.45) is 0 Å². The molecule has 2 N–H and O–H groups in total. The molecule has 2 aromatic rings. The van der Waals surface area contributed by atoms with Crippen LogP contribution in [0.15, 0.2) is 42.5 Å². The van der Waals surface area contributed by atoms with Crippen LogP contribution in [-0.2, 0) is 21.6 Å². The lowest BCUT2D eigenvalue weighted by Crippen LogP contribution is -2.31. The van der Waals surface area contributed by atoms with Gasteiger partial charge in [-0.05, 0) is 53.3 Å². The molecule has 8 heteroatoms. The third kappa shape index (κ3) is 4.37. The van der Waals surface area contributed by atoms with Crippen LogP contribution in [0.3, 0.4) is 0 Å². The largest absolute Gasteiger partial charge is 0.416 e. The minimum Gasteiger partial charge on any atom is -0.378 e. The van der Waals surface area contributed by atoms with Gasteiger partial charge in [0, 0.05) is 11.4 Å². The summed E-state index contributed by atoms with van der Waals surface area (Å²) in [5.74, 6) is 0. The molecule has 0 saturated heterocycles. The van der Waals surface area contributed by atoms with Crippen molar-refractivity contribution in [1.82, 2.24) is 0 Å². The van der Waals surface area contributed by atoms with Crippen LogP contribution in [0.1, 0.15) is 43.0 Å². The summed E-state index contributed by atoms with van der Waals surface area (Å²) in [5, 5.41) is 3.29. The summed E-state index contributed by atoms with van der Waals surface area (Å²) >= 11 is 0. The lowest BCUT2D eigenvalue weighted by Gasteiger charge is -2.39. The van der Waals surface area contributed by atoms with Crippen LogP contribution in [0.2, 0.25) is 0 Å². The van der Waals surface area contributed by atoms with Crippen molar-refractivity contribution < 1.29 is 21.6 Å². The van der Waals surface area contributed by atoms with Crippen LogP contribution in [0.25, 0.3) is 0 Å². The van der Waals surface area contributed by atoms with Gasteiger partial charge < -0.3 is 5.32 Å². The van der Waals surface area contributed by atoms with Crippen LogP contribution in [0.5, 0.6) is 0 Å². The first kappa shape index (κ1) is 19.5. The van der Waals surface area contributed by atoms with E-state index >= 15 is 0 Å². The van der Waals surface area contributed by atoms with Crippen LogP contribution in [0.4, 0.5) is 24.5 Å². The Morgan fingerprint density at radius 3 is 2.48 bits per heavy atom. The molecule has 4 nitrogen and oxygen atoms in total. The second kappa shape index (κ2) is 6.44. The molecule has 0 aromatic heterocycles. The van der Waals surface area contributed by atoms with E-state index in [-0.39, 0.29) is 6.04 Å². The maximum Gasteiger partial charge on any atom is 0.416 e. The molecular weight excluding hydrogens is 377 g/mol. The molecule has 1 aliphatic rings. The molecular formula is C19H21F3N2O2S. The Labute approximate surface area is 156 Å². The summed E-state index contributed by atoms with van der Waals surface area (Å²) in [6.07, 6.45) is -2.73. The first-order valence-corrected chi connectivity index (χ1v) is 10.3. The Bertz CT molecular complexity index is 969. The standard InChI is InChI=1S/C19H21F3N2O2S/c1-18(2)11-17(12-5-4-6-14(9-12)24-27(3,25)26)23-16-8-7-13(10-15(16)18)19(20,21)22/h4-10,17,23-24H,11H2,1-3H3. The number of alkyl halides is 3.